The predicted octanol–water partition coefficient (Wildman–Crippen LogP) is 3.08. The number of fused-ring (bicyclic) bond motifs is 1. The molecule has 2 aromatic carbocycles. The maximum atomic E-state index is 11.7. The minimum Gasteiger partial charge on any atom is -0.410 e. The van der Waals surface area contributed by atoms with E-state index >= 15 is 0 Å². The number of carbonyl (C=O) groups is 1. The molecule has 0 bridgehead atoms. The molecular formula is C14H10N2O2. The van der Waals surface area contributed by atoms with Crippen molar-refractivity contribution in [1.82, 2.24) is 9.55 Å². The van der Waals surface area contributed by atoms with E-state index in [1.165, 1.54) is 17.1 Å². The summed E-state index contributed by atoms with van der Waals surface area (Å²) in [6.07, 6.45) is 4.01. The molecule has 0 aliphatic rings. The van der Waals surface area contributed by atoms with E-state index in [1.54, 1.807) is 12.3 Å². The van der Waals surface area contributed by atoms with Crippen LogP contribution in [0.3, 0.4) is 0 Å². The zero-order valence-corrected chi connectivity index (χ0v) is 9.48. The van der Waals surface area contributed by atoms with Crippen LogP contribution < -0.4 is 4.74 Å². The number of rotatable bonds is 1. The van der Waals surface area contributed by atoms with Crippen LogP contribution in [0.15, 0.2) is 61.2 Å². The van der Waals surface area contributed by atoms with Crippen LogP contribution in [0.25, 0.3) is 10.8 Å². The van der Waals surface area contributed by atoms with Crippen molar-refractivity contribution in [2.75, 3.05) is 0 Å². The Morgan fingerprint density at radius 1 is 1.11 bits per heavy atom. The fourth-order valence-corrected chi connectivity index (χ4v) is 1.75. The Morgan fingerprint density at radius 3 is 2.72 bits per heavy atom. The Bertz CT molecular complexity index is 690. The highest BCUT2D eigenvalue weighted by Crippen LogP contribution is 2.20. The smallest absolute Gasteiger partial charge is 0.410 e. The summed E-state index contributed by atoms with van der Waals surface area (Å²) >= 11 is 0. The van der Waals surface area contributed by atoms with Gasteiger partial charge in [0.2, 0.25) is 0 Å². The highest BCUT2D eigenvalue weighted by atomic mass is 16.6. The third-order valence-electron chi connectivity index (χ3n) is 2.64. The summed E-state index contributed by atoms with van der Waals surface area (Å²) in [5, 5.41) is 2.15. The summed E-state index contributed by atoms with van der Waals surface area (Å²) < 4.78 is 6.54. The van der Waals surface area contributed by atoms with Gasteiger partial charge in [0.1, 0.15) is 12.1 Å². The molecule has 3 aromatic rings. The van der Waals surface area contributed by atoms with E-state index in [9.17, 15) is 4.79 Å². The standard InChI is InChI=1S/C14H10N2O2/c17-14(16-8-7-15-10-16)18-13-6-5-11-3-1-2-4-12(11)9-13/h1-10H. The van der Waals surface area contributed by atoms with Gasteiger partial charge in [-0.05, 0) is 22.9 Å². The van der Waals surface area contributed by atoms with Gasteiger partial charge in [-0.15, -0.1) is 0 Å². The molecule has 3 rings (SSSR count). The van der Waals surface area contributed by atoms with Crippen LogP contribution in [0.5, 0.6) is 5.75 Å². The van der Waals surface area contributed by atoms with Gasteiger partial charge < -0.3 is 4.74 Å². The van der Waals surface area contributed by atoms with Gasteiger partial charge in [-0.2, -0.15) is 0 Å². The Labute approximate surface area is 103 Å². The quantitative estimate of drug-likeness (QED) is 0.654. The zero-order chi connectivity index (χ0) is 12.4. The molecule has 0 aliphatic heterocycles. The van der Waals surface area contributed by atoms with Crippen LogP contribution in [-0.4, -0.2) is 15.6 Å². The minimum atomic E-state index is -0.470. The van der Waals surface area contributed by atoms with Crippen molar-refractivity contribution in [2.24, 2.45) is 0 Å². The molecule has 0 atom stereocenters. The molecule has 88 valence electrons. The van der Waals surface area contributed by atoms with Crippen molar-refractivity contribution in [2.45, 2.75) is 0 Å². The maximum absolute atomic E-state index is 11.7. The molecule has 0 amide bonds. The average Bonchev–Trinajstić information content (AvgIpc) is 2.92. The Kier molecular flexibility index (Phi) is 2.53. The normalized spacial score (nSPS) is 10.4. The second-order valence-electron chi connectivity index (χ2n) is 3.85. The number of ether oxygens (including phenoxy) is 1. The molecule has 1 aromatic heterocycles. The lowest BCUT2D eigenvalue weighted by Crippen LogP contribution is -2.14. The molecule has 4 heteroatoms. The number of imidazole rings is 1. The highest BCUT2D eigenvalue weighted by Gasteiger charge is 2.06. The van der Waals surface area contributed by atoms with Crippen molar-refractivity contribution < 1.29 is 9.53 Å². The fraction of sp³-hybridized carbons (Fsp3) is 0. The molecule has 0 radical (unpaired) electrons. The molecule has 0 spiro atoms. The van der Waals surface area contributed by atoms with E-state index in [0.717, 1.165) is 10.8 Å². The summed E-state index contributed by atoms with van der Waals surface area (Å²) in [6.45, 7) is 0. The van der Waals surface area contributed by atoms with E-state index < -0.39 is 6.09 Å². The number of aromatic nitrogens is 2. The highest BCUT2D eigenvalue weighted by molar-refractivity contribution is 5.84. The number of nitrogens with zero attached hydrogens (tertiary/aromatic N) is 2. The van der Waals surface area contributed by atoms with E-state index in [2.05, 4.69) is 4.98 Å². The first-order valence-electron chi connectivity index (χ1n) is 5.52. The van der Waals surface area contributed by atoms with Gasteiger partial charge in [-0.25, -0.2) is 14.3 Å². The molecule has 0 fully saturated rings. The van der Waals surface area contributed by atoms with Gasteiger partial charge in [-0.1, -0.05) is 30.3 Å². The van der Waals surface area contributed by atoms with E-state index in [1.807, 2.05) is 36.4 Å². The van der Waals surface area contributed by atoms with E-state index in [0.29, 0.717) is 5.75 Å². The summed E-state index contributed by atoms with van der Waals surface area (Å²) in [4.78, 5) is 15.5. The van der Waals surface area contributed by atoms with Crippen molar-refractivity contribution in [3.8, 4) is 5.75 Å². The van der Waals surface area contributed by atoms with Gasteiger partial charge in [0, 0.05) is 12.4 Å². The number of hydrogen-bond donors (Lipinski definition) is 0. The number of benzene rings is 2. The molecule has 0 saturated carbocycles. The minimum absolute atomic E-state index is 0.470. The van der Waals surface area contributed by atoms with Crippen LogP contribution >= 0.6 is 0 Å². The summed E-state index contributed by atoms with van der Waals surface area (Å²) in [6, 6.07) is 13.4. The molecule has 0 N–H and O–H groups in total. The van der Waals surface area contributed by atoms with Crippen molar-refractivity contribution in [3.63, 3.8) is 0 Å². The SMILES string of the molecule is O=C(Oc1ccc2ccccc2c1)n1ccnc1. The van der Waals surface area contributed by atoms with Gasteiger partial charge in [-0.3, -0.25) is 0 Å². The van der Waals surface area contributed by atoms with E-state index in [-0.39, 0.29) is 0 Å². The number of hydrogen-bond acceptors (Lipinski definition) is 3. The summed E-state index contributed by atoms with van der Waals surface area (Å²) in [5.41, 5.74) is 0. The van der Waals surface area contributed by atoms with Crippen LogP contribution in [0.4, 0.5) is 4.79 Å². The third-order valence-corrected chi connectivity index (χ3v) is 2.64. The second-order valence-corrected chi connectivity index (χ2v) is 3.85. The van der Waals surface area contributed by atoms with Gasteiger partial charge in [0.05, 0.1) is 0 Å². The molecule has 0 unspecified atom stereocenters. The molecule has 1 heterocycles. The zero-order valence-electron chi connectivity index (χ0n) is 9.48. The molecular weight excluding hydrogens is 228 g/mol. The maximum Gasteiger partial charge on any atom is 0.424 e. The van der Waals surface area contributed by atoms with Crippen molar-refractivity contribution >= 4 is 16.9 Å². The first-order valence-corrected chi connectivity index (χ1v) is 5.52. The Hall–Kier alpha value is -2.62. The predicted molar refractivity (Wildman–Crippen MR) is 67.6 cm³/mol. The largest absolute Gasteiger partial charge is 0.424 e. The van der Waals surface area contributed by atoms with Crippen LogP contribution in [0.2, 0.25) is 0 Å². The summed E-state index contributed by atoms with van der Waals surface area (Å²) in [5.74, 6) is 0.521. The lowest BCUT2D eigenvalue weighted by atomic mass is 10.1. The fourth-order valence-electron chi connectivity index (χ4n) is 1.75. The average molecular weight is 238 g/mol. The van der Waals surface area contributed by atoms with Gasteiger partial charge in [0.25, 0.3) is 0 Å². The number of carbonyl (C=O) groups excluding carboxylic acids is 1. The first-order chi connectivity index (χ1) is 8.83. The first kappa shape index (κ1) is 10.5. The van der Waals surface area contributed by atoms with Crippen LogP contribution in [0.1, 0.15) is 0 Å². The Balaban J connectivity index is 1.89. The van der Waals surface area contributed by atoms with Gasteiger partial charge >= 0.3 is 6.09 Å². The molecule has 18 heavy (non-hydrogen) atoms. The lowest BCUT2D eigenvalue weighted by Gasteiger charge is -2.05. The molecule has 0 aliphatic carbocycles. The van der Waals surface area contributed by atoms with Crippen LogP contribution in [-0.2, 0) is 0 Å². The van der Waals surface area contributed by atoms with E-state index in [4.69, 9.17) is 4.74 Å². The summed E-state index contributed by atoms with van der Waals surface area (Å²) in [7, 11) is 0. The molecule has 0 saturated heterocycles. The van der Waals surface area contributed by atoms with Crippen molar-refractivity contribution in [3.05, 3.63) is 61.2 Å². The Morgan fingerprint density at radius 2 is 1.94 bits per heavy atom. The second kappa shape index (κ2) is 4.33. The van der Waals surface area contributed by atoms with Crippen LogP contribution in [0, 0.1) is 0 Å². The van der Waals surface area contributed by atoms with Gasteiger partial charge in [0.15, 0.2) is 0 Å². The lowest BCUT2D eigenvalue weighted by molar-refractivity contribution is 0.202. The van der Waals surface area contributed by atoms with Crippen molar-refractivity contribution in [1.29, 1.82) is 0 Å². The molecule has 4 nitrogen and oxygen atoms in total. The monoisotopic (exact) mass is 238 g/mol. The topological polar surface area (TPSA) is 44.1 Å². The third kappa shape index (κ3) is 1.96.